The van der Waals surface area contributed by atoms with Crippen LogP contribution in [0.25, 0.3) is 0 Å². The van der Waals surface area contributed by atoms with Crippen molar-refractivity contribution < 1.29 is 4.79 Å². The van der Waals surface area contributed by atoms with Crippen molar-refractivity contribution in [3.8, 4) is 0 Å². The Hall–Kier alpha value is -0.810. The molecule has 3 N–H and O–H groups in total. The zero-order valence-corrected chi connectivity index (χ0v) is 11.9. The second kappa shape index (κ2) is 6.95. The quantitative estimate of drug-likeness (QED) is 0.838. The molecule has 1 rings (SSSR count). The van der Waals surface area contributed by atoms with E-state index in [1.54, 1.807) is 18.2 Å². The molecule has 0 aromatic heterocycles. The Labute approximate surface area is 117 Å². The maximum atomic E-state index is 11.5. The highest BCUT2D eigenvalue weighted by Gasteiger charge is 2.20. The fraction of sp³-hybridized carbons (Fsp3) is 0.417. The fourth-order valence-corrected chi connectivity index (χ4v) is 1.94. The molecule has 1 unspecified atom stereocenters. The van der Waals surface area contributed by atoms with Gasteiger partial charge in [-0.25, -0.2) is 0 Å². The molecule has 1 atom stereocenters. The Kier molecular flexibility index (Phi) is 5.88. The Balaban J connectivity index is 2.84. The zero-order chi connectivity index (χ0) is 13.7. The van der Waals surface area contributed by atoms with E-state index in [2.05, 4.69) is 5.32 Å². The summed E-state index contributed by atoms with van der Waals surface area (Å²) < 4.78 is 0. The summed E-state index contributed by atoms with van der Waals surface area (Å²) in [6.45, 7) is 1.42. The number of nitrogens with two attached hydrogens (primary N) is 1. The summed E-state index contributed by atoms with van der Waals surface area (Å²) in [5, 5.41) is 4.07. The molecule has 1 aromatic rings. The van der Waals surface area contributed by atoms with Crippen molar-refractivity contribution in [3.05, 3.63) is 33.8 Å². The number of nitrogens with zero attached hydrogens (tertiary/aromatic N) is 1. The van der Waals surface area contributed by atoms with Crippen LogP contribution in [0.2, 0.25) is 10.0 Å². The van der Waals surface area contributed by atoms with E-state index in [9.17, 15) is 4.79 Å². The number of amides is 1. The summed E-state index contributed by atoms with van der Waals surface area (Å²) >= 11 is 12.0. The summed E-state index contributed by atoms with van der Waals surface area (Å²) in [5.41, 5.74) is 5.99. The van der Waals surface area contributed by atoms with Crippen molar-refractivity contribution >= 4 is 29.1 Å². The largest absolute Gasteiger partial charge is 0.368 e. The van der Waals surface area contributed by atoms with E-state index < -0.39 is 11.9 Å². The van der Waals surface area contributed by atoms with Crippen LogP contribution in [-0.4, -0.2) is 38.0 Å². The Morgan fingerprint density at radius 1 is 1.44 bits per heavy atom. The number of rotatable bonds is 6. The molecule has 0 aliphatic heterocycles. The smallest absolute Gasteiger partial charge is 0.239 e. The summed E-state index contributed by atoms with van der Waals surface area (Å²) in [6, 6.07) is 4.35. The number of benzene rings is 1. The highest BCUT2D eigenvalue weighted by molar-refractivity contribution is 6.33. The first-order valence-corrected chi connectivity index (χ1v) is 6.29. The number of primary amides is 1. The molecule has 0 spiro atoms. The van der Waals surface area contributed by atoms with Gasteiger partial charge in [-0.15, -0.1) is 0 Å². The second-order valence-corrected chi connectivity index (χ2v) is 5.10. The minimum Gasteiger partial charge on any atom is -0.368 e. The molecule has 4 nitrogen and oxygen atoms in total. The fourth-order valence-electron chi connectivity index (χ4n) is 1.53. The maximum absolute atomic E-state index is 11.5. The first-order chi connectivity index (χ1) is 8.41. The molecule has 0 aliphatic carbocycles. The number of hydrogen-bond acceptors (Lipinski definition) is 3. The van der Waals surface area contributed by atoms with Gasteiger partial charge in [0.2, 0.25) is 5.91 Å². The van der Waals surface area contributed by atoms with Crippen molar-refractivity contribution in [2.45, 2.75) is 6.04 Å². The van der Waals surface area contributed by atoms with E-state index >= 15 is 0 Å². The van der Waals surface area contributed by atoms with Crippen LogP contribution in [0.4, 0.5) is 0 Å². The van der Waals surface area contributed by atoms with Gasteiger partial charge in [0.15, 0.2) is 0 Å². The molecule has 100 valence electrons. The highest BCUT2D eigenvalue weighted by Crippen LogP contribution is 2.26. The molecule has 0 saturated heterocycles. The minimum absolute atomic E-state index is 0.473. The monoisotopic (exact) mass is 289 g/mol. The summed E-state index contributed by atoms with van der Waals surface area (Å²) in [7, 11) is 3.90. The lowest BCUT2D eigenvalue weighted by Gasteiger charge is -2.19. The first kappa shape index (κ1) is 15.2. The lowest BCUT2D eigenvalue weighted by molar-refractivity contribution is -0.120. The van der Waals surface area contributed by atoms with Crippen molar-refractivity contribution in [2.24, 2.45) is 5.73 Å². The number of likely N-dealkylation sites (N-methyl/N-ethyl adjacent to an activating group) is 1. The predicted molar refractivity (Wildman–Crippen MR) is 75.0 cm³/mol. The number of hydrogen-bond donors (Lipinski definition) is 2. The van der Waals surface area contributed by atoms with Crippen LogP contribution in [0.5, 0.6) is 0 Å². The first-order valence-electron chi connectivity index (χ1n) is 5.54. The van der Waals surface area contributed by atoms with Gasteiger partial charge in [0.05, 0.1) is 0 Å². The number of nitrogens with one attached hydrogen (secondary N) is 1. The number of carbonyl (C=O) groups is 1. The molecule has 0 bridgehead atoms. The van der Waals surface area contributed by atoms with Crippen LogP contribution in [0.3, 0.4) is 0 Å². The Morgan fingerprint density at radius 2 is 2.11 bits per heavy atom. The lowest BCUT2D eigenvalue weighted by Crippen LogP contribution is -2.37. The molecule has 6 heteroatoms. The van der Waals surface area contributed by atoms with Gasteiger partial charge in [0.25, 0.3) is 0 Å². The van der Waals surface area contributed by atoms with Crippen molar-refractivity contribution in [1.82, 2.24) is 10.2 Å². The summed E-state index contributed by atoms with van der Waals surface area (Å²) in [6.07, 6.45) is 0. The zero-order valence-electron chi connectivity index (χ0n) is 10.4. The highest BCUT2D eigenvalue weighted by atomic mass is 35.5. The van der Waals surface area contributed by atoms with E-state index in [1.165, 1.54) is 0 Å². The summed E-state index contributed by atoms with van der Waals surface area (Å²) in [5.74, 6) is -0.474. The van der Waals surface area contributed by atoms with Crippen molar-refractivity contribution in [2.75, 3.05) is 27.2 Å². The van der Waals surface area contributed by atoms with E-state index in [4.69, 9.17) is 28.9 Å². The van der Waals surface area contributed by atoms with Crippen LogP contribution in [-0.2, 0) is 4.79 Å². The van der Waals surface area contributed by atoms with Crippen LogP contribution >= 0.6 is 23.2 Å². The average Bonchev–Trinajstić information content (AvgIpc) is 2.27. The molecule has 1 amide bonds. The Morgan fingerprint density at radius 3 is 2.67 bits per heavy atom. The van der Waals surface area contributed by atoms with Gasteiger partial charge in [-0.2, -0.15) is 0 Å². The molecular formula is C12H17Cl2N3O. The number of halogens is 2. The minimum atomic E-state index is -0.629. The van der Waals surface area contributed by atoms with E-state index in [0.717, 1.165) is 6.54 Å². The maximum Gasteiger partial charge on any atom is 0.239 e. The molecule has 0 aliphatic rings. The van der Waals surface area contributed by atoms with Gasteiger partial charge in [0, 0.05) is 23.1 Å². The average molecular weight is 290 g/mol. The van der Waals surface area contributed by atoms with Gasteiger partial charge in [-0.1, -0.05) is 23.2 Å². The topological polar surface area (TPSA) is 58.4 Å². The van der Waals surface area contributed by atoms with Crippen LogP contribution in [0.15, 0.2) is 18.2 Å². The van der Waals surface area contributed by atoms with E-state index in [0.29, 0.717) is 22.2 Å². The molecule has 0 saturated carbocycles. The summed E-state index contributed by atoms with van der Waals surface area (Å²) in [4.78, 5) is 13.5. The van der Waals surface area contributed by atoms with E-state index in [1.807, 2.05) is 19.0 Å². The molecule has 1 aromatic carbocycles. The van der Waals surface area contributed by atoms with Gasteiger partial charge >= 0.3 is 0 Å². The molecule has 0 radical (unpaired) electrons. The van der Waals surface area contributed by atoms with Gasteiger partial charge in [-0.05, 0) is 37.9 Å². The third kappa shape index (κ3) is 4.46. The van der Waals surface area contributed by atoms with Crippen molar-refractivity contribution in [3.63, 3.8) is 0 Å². The lowest BCUT2D eigenvalue weighted by atomic mass is 10.1. The predicted octanol–water partition coefficient (Wildman–Crippen LogP) is 1.67. The van der Waals surface area contributed by atoms with Gasteiger partial charge < -0.3 is 16.0 Å². The third-order valence-corrected chi connectivity index (χ3v) is 3.04. The molecule has 0 heterocycles. The normalized spacial score (nSPS) is 12.7. The molecular weight excluding hydrogens is 273 g/mol. The van der Waals surface area contributed by atoms with Gasteiger partial charge in [0.1, 0.15) is 6.04 Å². The van der Waals surface area contributed by atoms with Crippen LogP contribution in [0.1, 0.15) is 11.6 Å². The van der Waals surface area contributed by atoms with Crippen molar-refractivity contribution in [1.29, 1.82) is 0 Å². The SMILES string of the molecule is CN(C)CCNC(C(N)=O)c1cc(Cl)ccc1Cl. The van der Waals surface area contributed by atoms with Crippen LogP contribution < -0.4 is 11.1 Å². The third-order valence-electron chi connectivity index (χ3n) is 2.46. The van der Waals surface area contributed by atoms with Crippen LogP contribution in [0, 0.1) is 0 Å². The standard InChI is InChI=1S/C12H17Cl2N3O/c1-17(2)6-5-16-11(12(15)18)9-7-8(13)3-4-10(9)14/h3-4,7,11,16H,5-6H2,1-2H3,(H2,15,18). The number of carbonyl (C=O) groups excluding carboxylic acids is 1. The van der Waals surface area contributed by atoms with Gasteiger partial charge in [-0.3, -0.25) is 4.79 Å². The molecule has 0 fully saturated rings. The Bertz CT molecular complexity index is 424. The second-order valence-electron chi connectivity index (χ2n) is 4.26. The molecule has 18 heavy (non-hydrogen) atoms. The van der Waals surface area contributed by atoms with E-state index in [-0.39, 0.29) is 0 Å².